The van der Waals surface area contributed by atoms with Crippen molar-refractivity contribution in [3.8, 4) is 5.75 Å². The Hall–Kier alpha value is -2.20. The van der Waals surface area contributed by atoms with Crippen LogP contribution in [0.4, 0.5) is 0 Å². The number of pyridine rings is 1. The summed E-state index contributed by atoms with van der Waals surface area (Å²) >= 11 is 0. The van der Waals surface area contributed by atoms with Gasteiger partial charge in [-0.1, -0.05) is 12.1 Å². The van der Waals surface area contributed by atoms with E-state index in [2.05, 4.69) is 9.88 Å². The third kappa shape index (κ3) is 3.77. The average molecular weight is 310 g/mol. The summed E-state index contributed by atoms with van der Waals surface area (Å²) < 4.78 is 5.34. The number of rotatable bonds is 5. The molecule has 1 atom stereocenters. The molecule has 4 nitrogen and oxygen atoms in total. The van der Waals surface area contributed by atoms with E-state index in [4.69, 9.17) is 4.74 Å². The monoisotopic (exact) mass is 310 g/mol. The van der Waals surface area contributed by atoms with Crippen LogP contribution in [0, 0.1) is 5.92 Å². The van der Waals surface area contributed by atoms with Gasteiger partial charge in [0, 0.05) is 31.4 Å². The number of hydrogen-bond donors (Lipinski definition) is 0. The molecule has 0 radical (unpaired) electrons. The van der Waals surface area contributed by atoms with Gasteiger partial charge < -0.3 is 4.74 Å². The second-order valence-electron chi connectivity index (χ2n) is 5.99. The summed E-state index contributed by atoms with van der Waals surface area (Å²) in [5.74, 6) is 0.910. The lowest BCUT2D eigenvalue weighted by Gasteiger charge is -2.32. The first-order valence-electron chi connectivity index (χ1n) is 8.06. The van der Waals surface area contributed by atoms with Crippen molar-refractivity contribution in [3.63, 3.8) is 0 Å². The van der Waals surface area contributed by atoms with Crippen LogP contribution in [0.25, 0.3) is 0 Å². The largest absolute Gasteiger partial charge is 0.496 e. The Morgan fingerprint density at radius 3 is 2.83 bits per heavy atom. The maximum Gasteiger partial charge on any atom is 0.170 e. The molecule has 4 heteroatoms. The second kappa shape index (κ2) is 7.38. The zero-order chi connectivity index (χ0) is 16.1. The van der Waals surface area contributed by atoms with Crippen molar-refractivity contribution >= 4 is 5.78 Å². The molecule has 0 aliphatic carbocycles. The topological polar surface area (TPSA) is 42.4 Å². The lowest BCUT2D eigenvalue weighted by atomic mass is 9.89. The molecular weight excluding hydrogens is 288 g/mol. The number of Topliss-reactive ketones (excluding diaryl/α,β-unsaturated/α-hetero) is 1. The van der Waals surface area contributed by atoms with Gasteiger partial charge >= 0.3 is 0 Å². The Labute approximate surface area is 137 Å². The Balaban J connectivity index is 1.69. The lowest BCUT2D eigenvalue weighted by molar-refractivity contribution is 0.0808. The third-order valence-electron chi connectivity index (χ3n) is 4.40. The summed E-state index contributed by atoms with van der Waals surface area (Å²) in [6, 6.07) is 11.6. The van der Waals surface area contributed by atoms with Gasteiger partial charge in [-0.2, -0.15) is 0 Å². The number of piperidine rings is 1. The molecule has 0 spiro atoms. The van der Waals surface area contributed by atoms with Gasteiger partial charge in [-0.05, 0) is 49.2 Å². The van der Waals surface area contributed by atoms with Gasteiger partial charge in [0.15, 0.2) is 5.78 Å². The molecule has 1 aliphatic heterocycles. The smallest absolute Gasteiger partial charge is 0.170 e. The van der Waals surface area contributed by atoms with E-state index < -0.39 is 0 Å². The quantitative estimate of drug-likeness (QED) is 0.796. The van der Waals surface area contributed by atoms with E-state index in [1.165, 1.54) is 5.56 Å². The molecule has 0 unspecified atom stereocenters. The van der Waals surface area contributed by atoms with E-state index in [0.717, 1.165) is 32.5 Å². The number of ketones is 1. The average Bonchev–Trinajstić information content (AvgIpc) is 2.62. The standard InChI is InChI=1S/C19H22N2O2/c1-23-18-7-3-2-6-17(18)19(22)16-5-4-12-21(14-16)13-15-8-10-20-11-9-15/h2-3,6-11,16H,4-5,12-14H2,1H3/t16-/m0/s1. The first-order valence-corrected chi connectivity index (χ1v) is 8.06. The summed E-state index contributed by atoms with van der Waals surface area (Å²) in [6.45, 7) is 2.72. The molecule has 0 N–H and O–H groups in total. The lowest BCUT2D eigenvalue weighted by Crippen LogP contribution is -2.38. The minimum absolute atomic E-state index is 0.0434. The number of aromatic nitrogens is 1. The minimum atomic E-state index is 0.0434. The number of likely N-dealkylation sites (tertiary alicyclic amines) is 1. The fraction of sp³-hybridized carbons (Fsp3) is 0.368. The van der Waals surface area contributed by atoms with Crippen molar-refractivity contribution in [2.75, 3.05) is 20.2 Å². The van der Waals surface area contributed by atoms with E-state index in [-0.39, 0.29) is 11.7 Å². The fourth-order valence-corrected chi connectivity index (χ4v) is 3.23. The molecule has 3 rings (SSSR count). The van der Waals surface area contributed by atoms with Gasteiger partial charge in [0.25, 0.3) is 0 Å². The third-order valence-corrected chi connectivity index (χ3v) is 4.40. The summed E-state index contributed by atoms with van der Waals surface area (Å²) in [4.78, 5) is 19.3. The van der Waals surface area contributed by atoms with Crippen molar-refractivity contribution in [2.24, 2.45) is 5.92 Å². The van der Waals surface area contributed by atoms with Crippen LogP contribution in [0.5, 0.6) is 5.75 Å². The number of methoxy groups -OCH3 is 1. The van der Waals surface area contributed by atoms with Crippen molar-refractivity contribution in [1.82, 2.24) is 9.88 Å². The molecule has 1 aromatic heterocycles. The van der Waals surface area contributed by atoms with E-state index in [1.807, 2.05) is 48.8 Å². The number of para-hydroxylation sites is 1. The predicted octanol–water partition coefficient (Wildman–Crippen LogP) is 3.19. The molecule has 0 bridgehead atoms. The van der Waals surface area contributed by atoms with Crippen LogP contribution < -0.4 is 4.74 Å². The summed E-state index contributed by atoms with van der Waals surface area (Å²) in [5, 5.41) is 0. The zero-order valence-electron chi connectivity index (χ0n) is 13.4. The van der Waals surface area contributed by atoms with E-state index in [1.54, 1.807) is 7.11 Å². The molecule has 1 aliphatic rings. The van der Waals surface area contributed by atoms with Gasteiger partial charge in [-0.25, -0.2) is 0 Å². The second-order valence-corrected chi connectivity index (χ2v) is 5.99. The number of carbonyl (C=O) groups is 1. The first kappa shape index (κ1) is 15.7. The Morgan fingerprint density at radius 1 is 1.26 bits per heavy atom. The van der Waals surface area contributed by atoms with E-state index in [9.17, 15) is 4.79 Å². The molecule has 2 heterocycles. The van der Waals surface area contributed by atoms with Crippen molar-refractivity contribution in [3.05, 3.63) is 59.9 Å². The van der Waals surface area contributed by atoms with E-state index in [0.29, 0.717) is 11.3 Å². The van der Waals surface area contributed by atoms with Crippen molar-refractivity contribution < 1.29 is 9.53 Å². The molecule has 1 saturated heterocycles. The highest BCUT2D eigenvalue weighted by Gasteiger charge is 2.28. The van der Waals surface area contributed by atoms with Crippen molar-refractivity contribution in [2.45, 2.75) is 19.4 Å². The highest BCUT2D eigenvalue weighted by molar-refractivity contribution is 6.00. The van der Waals surface area contributed by atoms with Gasteiger partial charge in [-0.15, -0.1) is 0 Å². The summed E-state index contributed by atoms with van der Waals surface area (Å²) in [5.41, 5.74) is 1.94. The molecule has 1 aromatic carbocycles. The molecule has 0 saturated carbocycles. The Bertz CT molecular complexity index is 657. The van der Waals surface area contributed by atoms with Gasteiger partial charge in [0.05, 0.1) is 12.7 Å². The van der Waals surface area contributed by atoms with E-state index >= 15 is 0 Å². The maximum absolute atomic E-state index is 12.9. The van der Waals surface area contributed by atoms with Gasteiger partial charge in [0.2, 0.25) is 0 Å². The van der Waals surface area contributed by atoms with Gasteiger partial charge in [0.1, 0.15) is 5.75 Å². The Kier molecular flexibility index (Phi) is 5.03. The van der Waals surface area contributed by atoms with Crippen molar-refractivity contribution in [1.29, 1.82) is 0 Å². The van der Waals surface area contributed by atoms with Crippen LogP contribution in [-0.2, 0) is 6.54 Å². The molecule has 0 amide bonds. The SMILES string of the molecule is COc1ccccc1C(=O)[C@H]1CCCN(Cc2ccncc2)C1. The predicted molar refractivity (Wildman–Crippen MR) is 89.6 cm³/mol. The zero-order valence-corrected chi connectivity index (χ0v) is 13.4. The number of ether oxygens (including phenoxy) is 1. The van der Waals surface area contributed by atoms with Crippen LogP contribution in [-0.4, -0.2) is 35.9 Å². The van der Waals surface area contributed by atoms with Crippen LogP contribution in [0.1, 0.15) is 28.8 Å². The van der Waals surface area contributed by atoms with Crippen LogP contribution >= 0.6 is 0 Å². The molecule has 120 valence electrons. The minimum Gasteiger partial charge on any atom is -0.496 e. The van der Waals surface area contributed by atoms with Crippen LogP contribution in [0.2, 0.25) is 0 Å². The highest BCUT2D eigenvalue weighted by atomic mass is 16.5. The normalized spacial score (nSPS) is 18.6. The Morgan fingerprint density at radius 2 is 2.04 bits per heavy atom. The van der Waals surface area contributed by atoms with Crippen LogP contribution in [0.15, 0.2) is 48.8 Å². The highest BCUT2D eigenvalue weighted by Crippen LogP contribution is 2.26. The summed E-state index contributed by atoms with van der Waals surface area (Å²) in [6.07, 6.45) is 5.63. The molecule has 23 heavy (non-hydrogen) atoms. The fourth-order valence-electron chi connectivity index (χ4n) is 3.23. The number of benzene rings is 1. The molecule has 2 aromatic rings. The molecule has 1 fully saturated rings. The number of hydrogen-bond acceptors (Lipinski definition) is 4. The first-order chi connectivity index (χ1) is 11.3. The molecular formula is C19H22N2O2. The summed E-state index contributed by atoms with van der Waals surface area (Å²) in [7, 11) is 1.61. The number of nitrogens with zero attached hydrogens (tertiary/aromatic N) is 2. The van der Waals surface area contributed by atoms with Crippen LogP contribution in [0.3, 0.4) is 0 Å². The number of carbonyl (C=O) groups excluding carboxylic acids is 1. The maximum atomic E-state index is 12.9. The van der Waals surface area contributed by atoms with Gasteiger partial charge in [-0.3, -0.25) is 14.7 Å².